The molecule has 0 unspecified atom stereocenters. The van der Waals surface area contributed by atoms with Gasteiger partial charge in [-0.3, -0.25) is 4.68 Å². The van der Waals surface area contributed by atoms with Gasteiger partial charge >= 0.3 is 0 Å². The van der Waals surface area contributed by atoms with E-state index < -0.39 is 0 Å². The quantitative estimate of drug-likeness (QED) is 0.864. The van der Waals surface area contributed by atoms with Gasteiger partial charge in [-0.15, -0.1) is 0 Å². The van der Waals surface area contributed by atoms with Crippen LogP contribution < -0.4 is 10.1 Å². The zero-order valence-corrected chi connectivity index (χ0v) is 11.8. The van der Waals surface area contributed by atoms with Gasteiger partial charge in [0.25, 0.3) is 0 Å². The molecular formula is C15H21N3O. The standard InChI is InChI=1S/C15H21N3O/c1-4-16-9-13-6-5-7-14(8-13)19-15-10-17-18(11-15)12(2)3/h5-8,10-12,16H,4,9H2,1-3H3. The van der Waals surface area contributed by atoms with E-state index in [1.165, 1.54) is 5.56 Å². The highest BCUT2D eigenvalue weighted by Gasteiger charge is 2.04. The van der Waals surface area contributed by atoms with Crippen molar-refractivity contribution in [2.24, 2.45) is 0 Å². The molecule has 2 aromatic rings. The average Bonchev–Trinajstić information content (AvgIpc) is 2.85. The third-order valence-corrected chi connectivity index (χ3v) is 2.82. The molecule has 102 valence electrons. The summed E-state index contributed by atoms with van der Waals surface area (Å²) in [7, 11) is 0. The highest BCUT2D eigenvalue weighted by atomic mass is 16.5. The lowest BCUT2D eigenvalue weighted by Gasteiger charge is -2.06. The van der Waals surface area contributed by atoms with Crippen LogP contribution in [-0.2, 0) is 6.54 Å². The maximum absolute atomic E-state index is 5.82. The molecule has 0 spiro atoms. The molecule has 0 radical (unpaired) electrons. The lowest BCUT2D eigenvalue weighted by molar-refractivity contribution is 0.476. The minimum absolute atomic E-state index is 0.345. The smallest absolute Gasteiger partial charge is 0.165 e. The van der Waals surface area contributed by atoms with Crippen LogP contribution in [0.4, 0.5) is 0 Å². The number of rotatable bonds is 6. The second-order valence-electron chi connectivity index (χ2n) is 4.78. The topological polar surface area (TPSA) is 39.1 Å². The van der Waals surface area contributed by atoms with Crippen molar-refractivity contribution in [1.29, 1.82) is 0 Å². The largest absolute Gasteiger partial charge is 0.454 e. The third-order valence-electron chi connectivity index (χ3n) is 2.82. The molecule has 0 aliphatic heterocycles. The van der Waals surface area contributed by atoms with Crippen molar-refractivity contribution in [3.8, 4) is 11.5 Å². The number of hydrogen-bond acceptors (Lipinski definition) is 3. The molecule has 19 heavy (non-hydrogen) atoms. The van der Waals surface area contributed by atoms with Crippen molar-refractivity contribution in [3.63, 3.8) is 0 Å². The summed E-state index contributed by atoms with van der Waals surface area (Å²) in [6, 6.07) is 8.46. The van der Waals surface area contributed by atoms with Gasteiger partial charge in [0.1, 0.15) is 5.75 Å². The molecule has 0 saturated carbocycles. The van der Waals surface area contributed by atoms with Crippen LogP contribution in [0.1, 0.15) is 32.4 Å². The lowest BCUT2D eigenvalue weighted by Crippen LogP contribution is -2.11. The Bertz CT molecular complexity index is 520. The van der Waals surface area contributed by atoms with E-state index in [4.69, 9.17) is 4.74 Å². The molecule has 2 rings (SSSR count). The van der Waals surface area contributed by atoms with Gasteiger partial charge in [-0.1, -0.05) is 19.1 Å². The van der Waals surface area contributed by atoms with Crippen LogP contribution in [0.15, 0.2) is 36.7 Å². The molecule has 0 aliphatic rings. The van der Waals surface area contributed by atoms with Gasteiger partial charge in [0, 0.05) is 12.6 Å². The number of nitrogens with zero attached hydrogens (tertiary/aromatic N) is 2. The molecule has 1 aromatic heterocycles. The van der Waals surface area contributed by atoms with E-state index in [1.807, 2.05) is 23.0 Å². The van der Waals surface area contributed by atoms with Crippen molar-refractivity contribution in [3.05, 3.63) is 42.2 Å². The molecule has 0 fully saturated rings. The van der Waals surface area contributed by atoms with Crippen LogP contribution in [0, 0.1) is 0 Å². The first kappa shape index (κ1) is 13.6. The summed E-state index contributed by atoms with van der Waals surface area (Å²) in [6.07, 6.45) is 3.67. The Labute approximate surface area is 114 Å². The molecule has 4 heteroatoms. The molecule has 0 aliphatic carbocycles. The van der Waals surface area contributed by atoms with Crippen LogP contribution in [0.2, 0.25) is 0 Å². The molecular weight excluding hydrogens is 238 g/mol. The Kier molecular flexibility index (Phi) is 4.58. The summed E-state index contributed by atoms with van der Waals surface area (Å²) >= 11 is 0. The van der Waals surface area contributed by atoms with Gasteiger partial charge in [0.2, 0.25) is 0 Å². The second-order valence-corrected chi connectivity index (χ2v) is 4.78. The first-order valence-corrected chi connectivity index (χ1v) is 6.70. The van der Waals surface area contributed by atoms with Gasteiger partial charge in [-0.2, -0.15) is 5.10 Å². The van der Waals surface area contributed by atoms with Crippen molar-refractivity contribution in [2.45, 2.75) is 33.4 Å². The van der Waals surface area contributed by atoms with Gasteiger partial charge in [0.05, 0.1) is 12.4 Å². The van der Waals surface area contributed by atoms with Gasteiger partial charge in [0.15, 0.2) is 5.75 Å². The van der Waals surface area contributed by atoms with E-state index in [0.717, 1.165) is 24.6 Å². The maximum atomic E-state index is 5.82. The first-order valence-electron chi connectivity index (χ1n) is 6.70. The first-order chi connectivity index (χ1) is 9.19. The SMILES string of the molecule is CCNCc1cccc(Oc2cnn(C(C)C)c2)c1. The summed E-state index contributed by atoms with van der Waals surface area (Å²) in [6.45, 7) is 8.10. The number of nitrogens with one attached hydrogen (secondary N) is 1. The molecule has 4 nitrogen and oxygen atoms in total. The van der Waals surface area contributed by atoms with E-state index in [9.17, 15) is 0 Å². The molecule has 0 atom stereocenters. The van der Waals surface area contributed by atoms with Gasteiger partial charge in [-0.25, -0.2) is 0 Å². The van der Waals surface area contributed by atoms with Gasteiger partial charge in [-0.05, 0) is 38.1 Å². The van der Waals surface area contributed by atoms with Crippen molar-refractivity contribution >= 4 is 0 Å². The Balaban J connectivity index is 2.05. The summed E-state index contributed by atoms with van der Waals surface area (Å²) in [4.78, 5) is 0. The Morgan fingerprint density at radius 1 is 1.32 bits per heavy atom. The van der Waals surface area contributed by atoms with E-state index in [2.05, 4.69) is 43.3 Å². The predicted molar refractivity (Wildman–Crippen MR) is 76.5 cm³/mol. The number of hydrogen-bond donors (Lipinski definition) is 1. The zero-order chi connectivity index (χ0) is 13.7. The average molecular weight is 259 g/mol. The van der Waals surface area contributed by atoms with E-state index in [-0.39, 0.29) is 0 Å². The van der Waals surface area contributed by atoms with Crippen LogP contribution in [0.25, 0.3) is 0 Å². The Morgan fingerprint density at radius 2 is 2.16 bits per heavy atom. The van der Waals surface area contributed by atoms with Crippen LogP contribution in [0.3, 0.4) is 0 Å². The molecule has 0 amide bonds. The van der Waals surface area contributed by atoms with E-state index in [0.29, 0.717) is 6.04 Å². The molecule has 1 heterocycles. The van der Waals surface area contributed by atoms with Crippen LogP contribution in [-0.4, -0.2) is 16.3 Å². The Hall–Kier alpha value is -1.81. The van der Waals surface area contributed by atoms with Crippen molar-refractivity contribution < 1.29 is 4.74 Å². The minimum Gasteiger partial charge on any atom is -0.454 e. The highest BCUT2D eigenvalue weighted by Crippen LogP contribution is 2.22. The number of ether oxygens (including phenoxy) is 1. The summed E-state index contributed by atoms with van der Waals surface area (Å²) < 4.78 is 7.71. The Morgan fingerprint density at radius 3 is 2.84 bits per heavy atom. The van der Waals surface area contributed by atoms with Crippen molar-refractivity contribution in [2.75, 3.05) is 6.54 Å². The van der Waals surface area contributed by atoms with Crippen LogP contribution in [0.5, 0.6) is 11.5 Å². The maximum Gasteiger partial charge on any atom is 0.165 e. The molecule has 1 aromatic carbocycles. The predicted octanol–water partition coefficient (Wildman–Crippen LogP) is 3.37. The normalized spacial score (nSPS) is 10.9. The minimum atomic E-state index is 0.345. The summed E-state index contributed by atoms with van der Waals surface area (Å²) in [5, 5.41) is 7.57. The zero-order valence-electron chi connectivity index (χ0n) is 11.8. The van der Waals surface area contributed by atoms with E-state index >= 15 is 0 Å². The number of benzene rings is 1. The fraction of sp³-hybridized carbons (Fsp3) is 0.400. The fourth-order valence-electron chi connectivity index (χ4n) is 1.78. The monoisotopic (exact) mass is 259 g/mol. The summed E-state index contributed by atoms with van der Waals surface area (Å²) in [5.41, 5.74) is 1.22. The highest BCUT2D eigenvalue weighted by molar-refractivity contribution is 5.32. The summed E-state index contributed by atoms with van der Waals surface area (Å²) in [5.74, 6) is 1.62. The number of aromatic nitrogens is 2. The van der Waals surface area contributed by atoms with E-state index in [1.54, 1.807) is 6.20 Å². The molecule has 1 N–H and O–H groups in total. The second kappa shape index (κ2) is 6.38. The third kappa shape index (κ3) is 3.83. The molecule has 0 bridgehead atoms. The fourth-order valence-corrected chi connectivity index (χ4v) is 1.78. The lowest BCUT2D eigenvalue weighted by atomic mass is 10.2. The van der Waals surface area contributed by atoms with Crippen molar-refractivity contribution in [1.82, 2.24) is 15.1 Å². The van der Waals surface area contributed by atoms with Gasteiger partial charge < -0.3 is 10.1 Å². The molecule has 0 saturated heterocycles. The van der Waals surface area contributed by atoms with Crippen LogP contribution >= 0.6 is 0 Å².